The predicted molar refractivity (Wildman–Crippen MR) is 117 cm³/mol. The number of hydrogen-bond acceptors (Lipinski definition) is 4. The molecule has 0 spiro atoms. The van der Waals surface area contributed by atoms with Gasteiger partial charge in [-0.1, -0.05) is 30.3 Å². The Hall–Kier alpha value is -4.14. The Labute approximate surface area is 192 Å². The first-order chi connectivity index (χ1) is 16.2. The molecule has 1 atom stereocenters. The van der Waals surface area contributed by atoms with E-state index in [0.717, 1.165) is 16.5 Å². The minimum atomic E-state index is -1.70. The fraction of sp³-hybridized carbons (Fsp3) is 0.160. The fourth-order valence-corrected chi connectivity index (χ4v) is 3.70. The van der Waals surface area contributed by atoms with E-state index < -0.39 is 53.6 Å². The van der Waals surface area contributed by atoms with Gasteiger partial charge in [-0.3, -0.25) is 9.59 Å². The number of nitrogens with zero attached hydrogens (tertiary/aromatic N) is 1. The Balaban J connectivity index is 1.46. The summed E-state index contributed by atoms with van der Waals surface area (Å²) in [7, 11) is 1.37. The summed E-state index contributed by atoms with van der Waals surface area (Å²) in [6, 6.07) is 15.3. The van der Waals surface area contributed by atoms with E-state index in [-0.39, 0.29) is 5.56 Å². The zero-order chi connectivity index (χ0) is 24.4. The van der Waals surface area contributed by atoms with Gasteiger partial charge in [-0.15, -0.1) is 0 Å². The zero-order valence-corrected chi connectivity index (χ0v) is 18.0. The second-order valence-corrected chi connectivity index (χ2v) is 7.81. The summed E-state index contributed by atoms with van der Waals surface area (Å²) in [5.74, 6) is -6.42. The first kappa shape index (κ1) is 23.0. The predicted octanol–water partition coefficient (Wildman–Crippen LogP) is 4.27. The van der Waals surface area contributed by atoms with E-state index in [0.29, 0.717) is 23.6 Å². The molecule has 0 bridgehead atoms. The van der Waals surface area contributed by atoms with Crippen molar-refractivity contribution >= 4 is 23.5 Å². The molecule has 1 unspecified atom stereocenters. The number of likely N-dealkylation sites (N-methyl/N-ethyl adjacent to an activating group) is 1. The molecule has 2 amide bonds. The Kier molecular flexibility index (Phi) is 6.36. The second kappa shape index (κ2) is 9.38. The Morgan fingerprint density at radius 3 is 2.50 bits per heavy atom. The van der Waals surface area contributed by atoms with Crippen molar-refractivity contribution in [2.24, 2.45) is 0 Å². The van der Waals surface area contributed by atoms with E-state index in [1.54, 1.807) is 6.07 Å². The van der Waals surface area contributed by atoms with Crippen molar-refractivity contribution in [3.63, 3.8) is 0 Å². The van der Waals surface area contributed by atoms with Gasteiger partial charge in [-0.05, 0) is 41.5 Å². The third kappa shape index (κ3) is 4.63. The largest absolute Gasteiger partial charge is 0.454 e. The normalized spacial score (nSPS) is 14.7. The molecule has 6 nitrogen and oxygen atoms in total. The highest BCUT2D eigenvalue weighted by atomic mass is 19.2. The minimum absolute atomic E-state index is 0.245. The van der Waals surface area contributed by atoms with Crippen molar-refractivity contribution in [3.8, 4) is 0 Å². The van der Waals surface area contributed by atoms with Crippen LogP contribution in [0.25, 0.3) is 0 Å². The van der Waals surface area contributed by atoms with Gasteiger partial charge in [0.25, 0.3) is 5.91 Å². The molecule has 0 radical (unpaired) electrons. The van der Waals surface area contributed by atoms with E-state index in [4.69, 9.17) is 4.74 Å². The molecular weight excluding hydrogens is 449 g/mol. The van der Waals surface area contributed by atoms with Crippen LogP contribution in [0.4, 0.5) is 18.9 Å². The summed E-state index contributed by atoms with van der Waals surface area (Å²) in [4.78, 5) is 38.6. The SMILES string of the molecule is CN(CC(=O)Nc1ccc(F)c(F)c1F)C(=O)c1ccc2c(c1)CC(c1ccccc1)OC2=O. The van der Waals surface area contributed by atoms with Gasteiger partial charge in [0, 0.05) is 19.0 Å². The fourth-order valence-electron chi connectivity index (χ4n) is 3.70. The lowest BCUT2D eigenvalue weighted by Crippen LogP contribution is -2.35. The van der Waals surface area contributed by atoms with Gasteiger partial charge in [0.15, 0.2) is 17.5 Å². The molecule has 174 valence electrons. The Bertz CT molecular complexity index is 1280. The number of fused-ring (bicyclic) bond motifs is 1. The number of carbonyl (C=O) groups is 3. The molecule has 3 aromatic rings. The summed E-state index contributed by atoms with van der Waals surface area (Å²) in [5, 5.41) is 2.12. The van der Waals surface area contributed by atoms with E-state index in [1.165, 1.54) is 19.2 Å². The Morgan fingerprint density at radius 2 is 1.76 bits per heavy atom. The summed E-state index contributed by atoms with van der Waals surface area (Å²) in [6.07, 6.45) is -0.104. The number of cyclic esters (lactones) is 1. The van der Waals surface area contributed by atoms with Crippen LogP contribution in [-0.4, -0.2) is 36.3 Å². The molecule has 34 heavy (non-hydrogen) atoms. The number of anilines is 1. The second-order valence-electron chi connectivity index (χ2n) is 7.81. The van der Waals surface area contributed by atoms with Crippen molar-refractivity contribution in [2.75, 3.05) is 18.9 Å². The van der Waals surface area contributed by atoms with Crippen LogP contribution in [0.15, 0.2) is 60.7 Å². The van der Waals surface area contributed by atoms with Crippen LogP contribution in [0, 0.1) is 17.5 Å². The van der Waals surface area contributed by atoms with Gasteiger partial charge in [0.1, 0.15) is 6.10 Å². The number of benzene rings is 3. The molecule has 0 saturated heterocycles. The van der Waals surface area contributed by atoms with Crippen LogP contribution in [0.2, 0.25) is 0 Å². The lowest BCUT2D eigenvalue weighted by Gasteiger charge is -2.26. The number of amides is 2. The number of nitrogens with one attached hydrogen (secondary N) is 1. The monoisotopic (exact) mass is 468 g/mol. The first-order valence-electron chi connectivity index (χ1n) is 10.3. The van der Waals surface area contributed by atoms with Gasteiger partial charge in [0.2, 0.25) is 5.91 Å². The molecule has 0 saturated carbocycles. The van der Waals surface area contributed by atoms with Crippen LogP contribution in [0.3, 0.4) is 0 Å². The lowest BCUT2D eigenvalue weighted by atomic mass is 9.93. The zero-order valence-electron chi connectivity index (χ0n) is 18.0. The van der Waals surface area contributed by atoms with Crippen LogP contribution in [0.1, 0.15) is 37.9 Å². The van der Waals surface area contributed by atoms with Crippen molar-refractivity contribution in [2.45, 2.75) is 12.5 Å². The first-order valence-corrected chi connectivity index (χ1v) is 10.3. The smallest absolute Gasteiger partial charge is 0.339 e. The van der Waals surface area contributed by atoms with Crippen LogP contribution in [0.5, 0.6) is 0 Å². The third-order valence-corrected chi connectivity index (χ3v) is 5.43. The van der Waals surface area contributed by atoms with Gasteiger partial charge in [0.05, 0.1) is 17.8 Å². The number of rotatable bonds is 5. The standard InChI is InChI=1S/C25H19F3N2O4/c1-30(13-21(31)29-19-10-9-18(26)22(27)23(19)28)24(32)15-7-8-17-16(11-15)12-20(34-25(17)33)14-5-3-2-4-6-14/h2-11,20H,12-13H2,1H3,(H,29,31). The summed E-state index contributed by atoms with van der Waals surface area (Å²) < 4.78 is 45.7. The maximum Gasteiger partial charge on any atom is 0.339 e. The number of carbonyl (C=O) groups excluding carboxylic acids is 3. The van der Waals surface area contributed by atoms with Gasteiger partial charge in [-0.25, -0.2) is 18.0 Å². The van der Waals surface area contributed by atoms with Crippen molar-refractivity contribution in [1.82, 2.24) is 4.90 Å². The molecule has 1 aliphatic heterocycles. The van der Waals surface area contributed by atoms with Crippen LogP contribution < -0.4 is 5.32 Å². The summed E-state index contributed by atoms with van der Waals surface area (Å²) in [6.45, 7) is -0.469. The Morgan fingerprint density at radius 1 is 1.03 bits per heavy atom. The number of esters is 1. The van der Waals surface area contributed by atoms with E-state index in [9.17, 15) is 27.6 Å². The lowest BCUT2D eigenvalue weighted by molar-refractivity contribution is -0.116. The molecule has 1 N–H and O–H groups in total. The molecular formula is C25H19F3N2O4. The van der Waals surface area contributed by atoms with Gasteiger partial charge >= 0.3 is 5.97 Å². The molecule has 0 aliphatic carbocycles. The average Bonchev–Trinajstić information content (AvgIpc) is 2.84. The molecule has 4 rings (SSSR count). The maximum absolute atomic E-state index is 13.8. The number of halogens is 3. The quantitative estimate of drug-likeness (QED) is 0.448. The molecule has 0 aromatic heterocycles. The van der Waals surface area contributed by atoms with E-state index in [2.05, 4.69) is 5.32 Å². The van der Waals surface area contributed by atoms with Crippen LogP contribution in [-0.2, 0) is 16.0 Å². The number of hydrogen-bond donors (Lipinski definition) is 1. The average molecular weight is 468 g/mol. The van der Waals surface area contributed by atoms with Crippen LogP contribution >= 0.6 is 0 Å². The van der Waals surface area contributed by atoms with Crippen molar-refractivity contribution in [1.29, 1.82) is 0 Å². The maximum atomic E-state index is 13.8. The molecule has 3 aromatic carbocycles. The highest BCUT2D eigenvalue weighted by molar-refractivity contribution is 6.00. The molecule has 1 aliphatic rings. The molecule has 0 fully saturated rings. The minimum Gasteiger partial charge on any atom is -0.454 e. The third-order valence-electron chi connectivity index (χ3n) is 5.43. The van der Waals surface area contributed by atoms with Gasteiger partial charge in [-0.2, -0.15) is 0 Å². The van der Waals surface area contributed by atoms with E-state index >= 15 is 0 Å². The van der Waals surface area contributed by atoms with Gasteiger partial charge < -0.3 is 15.0 Å². The summed E-state index contributed by atoms with van der Waals surface area (Å²) in [5.41, 5.74) is 1.53. The molecule has 9 heteroatoms. The highest BCUT2D eigenvalue weighted by Crippen LogP contribution is 2.31. The van der Waals surface area contributed by atoms with E-state index in [1.807, 2.05) is 30.3 Å². The van der Waals surface area contributed by atoms with Crippen molar-refractivity contribution in [3.05, 3.63) is 100 Å². The van der Waals surface area contributed by atoms with Crippen molar-refractivity contribution < 1.29 is 32.3 Å². The summed E-state index contributed by atoms with van der Waals surface area (Å²) >= 11 is 0. The number of ether oxygens (including phenoxy) is 1. The topological polar surface area (TPSA) is 75.7 Å². The molecule has 1 heterocycles. The highest BCUT2D eigenvalue weighted by Gasteiger charge is 2.28.